The van der Waals surface area contributed by atoms with Crippen molar-refractivity contribution in [2.24, 2.45) is 0 Å². The molecule has 0 aliphatic rings. The van der Waals surface area contributed by atoms with Crippen LogP contribution in [0.3, 0.4) is 0 Å². The molecule has 1 atom stereocenters. The number of amides is 1. The molecule has 0 saturated heterocycles. The second-order valence-electron chi connectivity index (χ2n) is 5.74. The standard InChI is InChI=1S/C19H23ClN2O3/c1-13(17-10-16(24-2)7-8-18(17)25-3)21-12-19(23)22-11-14-5-4-6-15(20)9-14/h4-10,13,21H,11-12H2,1-3H3,(H,22,23)/p+1/t13-/m1/s1. The van der Waals surface area contributed by atoms with Gasteiger partial charge in [0, 0.05) is 11.6 Å². The lowest BCUT2D eigenvalue weighted by Gasteiger charge is -2.15. The first-order chi connectivity index (χ1) is 12.0. The molecule has 0 bridgehead atoms. The molecule has 1 amide bonds. The zero-order chi connectivity index (χ0) is 18.2. The molecule has 5 nitrogen and oxygen atoms in total. The monoisotopic (exact) mass is 363 g/mol. The van der Waals surface area contributed by atoms with Gasteiger partial charge in [-0.3, -0.25) is 4.79 Å². The number of hydrogen-bond donors (Lipinski definition) is 2. The van der Waals surface area contributed by atoms with E-state index in [1.807, 2.05) is 54.7 Å². The summed E-state index contributed by atoms with van der Waals surface area (Å²) in [5.41, 5.74) is 1.97. The molecule has 0 radical (unpaired) electrons. The molecule has 0 unspecified atom stereocenters. The number of benzene rings is 2. The Balaban J connectivity index is 1.88. The number of carbonyl (C=O) groups excluding carboxylic acids is 1. The molecule has 3 N–H and O–H groups in total. The van der Waals surface area contributed by atoms with Gasteiger partial charge in [-0.25, -0.2) is 0 Å². The van der Waals surface area contributed by atoms with Crippen molar-refractivity contribution in [3.8, 4) is 11.5 Å². The van der Waals surface area contributed by atoms with Crippen molar-refractivity contribution in [1.29, 1.82) is 0 Å². The number of ether oxygens (including phenoxy) is 2. The van der Waals surface area contributed by atoms with Crippen LogP contribution >= 0.6 is 11.6 Å². The van der Waals surface area contributed by atoms with Crippen LogP contribution in [0.25, 0.3) is 0 Å². The maximum Gasteiger partial charge on any atom is 0.275 e. The molecule has 0 aromatic heterocycles. The Hall–Kier alpha value is -2.24. The van der Waals surface area contributed by atoms with E-state index in [-0.39, 0.29) is 11.9 Å². The van der Waals surface area contributed by atoms with Gasteiger partial charge in [-0.15, -0.1) is 0 Å². The van der Waals surface area contributed by atoms with E-state index in [1.165, 1.54) is 0 Å². The van der Waals surface area contributed by atoms with Crippen molar-refractivity contribution in [2.75, 3.05) is 20.8 Å². The Kier molecular flexibility index (Phi) is 7.10. The molecule has 134 valence electrons. The van der Waals surface area contributed by atoms with Crippen LogP contribution in [-0.4, -0.2) is 26.7 Å². The lowest BCUT2D eigenvalue weighted by atomic mass is 10.1. The van der Waals surface area contributed by atoms with Crippen molar-refractivity contribution in [1.82, 2.24) is 5.32 Å². The molecule has 0 saturated carbocycles. The zero-order valence-electron chi connectivity index (χ0n) is 14.7. The maximum atomic E-state index is 12.1. The molecule has 6 heteroatoms. The lowest BCUT2D eigenvalue weighted by molar-refractivity contribution is -0.682. The van der Waals surface area contributed by atoms with E-state index in [2.05, 4.69) is 5.32 Å². The van der Waals surface area contributed by atoms with Crippen molar-refractivity contribution < 1.29 is 19.6 Å². The van der Waals surface area contributed by atoms with Gasteiger partial charge in [-0.05, 0) is 42.8 Å². The fourth-order valence-electron chi connectivity index (χ4n) is 2.53. The number of quaternary nitrogens is 1. The summed E-state index contributed by atoms with van der Waals surface area (Å²) in [5.74, 6) is 1.51. The SMILES string of the molecule is COc1ccc(OC)c([C@@H](C)[NH2+]CC(=O)NCc2cccc(Cl)c2)c1. The highest BCUT2D eigenvalue weighted by molar-refractivity contribution is 6.30. The van der Waals surface area contributed by atoms with E-state index < -0.39 is 0 Å². The minimum absolute atomic E-state index is 0.0336. The summed E-state index contributed by atoms with van der Waals surface area (Å²) >= 11 is 5.94. The van der Waals surface area contributed by atoms with Gasteiger partial charge in [0.2, 0.25) is 0 Å². The summed E-state index contributed by atoms with van der Waals surface area (Å²) in [4.78, 5) is 12.1. The third-order valence-electron chi connectivity index (χ3n) is 3.96. The first-order valence-electron chi connectivity index (χ1n) is 8.10. The van der Waals surface area contributed by atoms with Gasteiger partial charge in [0.05, 0.1) is 19.8 Å². The summed E-state index contributed by atoms with van der Waals surface area (Å²) in [6.07, 6.45) is 0. The molecule has 0 heterocycles. The summed E-state index contributed by atoms with van der Waals surface area (Å²) in [7, 11) is 3.26. The first-order valence-corrected chi connectivity index (χ1v) is 8.47. The van der Waals surface area contributed by atoms with Crippen molar-refractivity contribution >= 4 is 17.5 Å². The van der Waals surface area contributed by atoms with Crippen molar-refractivity contribution in [3.63, 3.8) is 0 Å². The van der Waals surface area contributed by atoms with E-state index in [0.29, 0.717) is 18.1 Å². The van der Waals surface area contributed by atoms with Crippen molar-refractivity contribution in [2.45, 2.75) is 19.5 Å². The smallest absolute Gasteiger partial charge is 0.275 e. The molecular weight excluding hydrogens is 340 g/mol. The maximum absolute atomic E-state index is 12.1. The molecule has 25 heavy (non-hydrogen) atoms. The molecular formula is C19H24ClN2O3+. The van der Waals surface area contributed by atoms with Crippen molar-refractivity contribution in [3.05, 3.63) is 58.6 Å². The summed E-state index contributed by atoms with van der Waals surface area (Å²) < 4.78 is 10.7. The number of rotatable bonds is 8. The first kappa shape index (κ1) is 19.1. The van der Waals surface area contributed by atoms with Gasteiger partial charge in [-0.2, -0.15) is 0 Å². The molecule has 0 fully saturated rings. The molecule has 2 aromatic rings. The Bertz CT molecular complexity index is 722. The van der Waals surface area contributed by atoms with Gasteiger partial charge >= 0.3 is 0 Å². The topological polar surface area (TPSA) is 64.2 Å². The Morgan fingerprint density at radius 1 is 1.20 bits per heavy atom. The Morgan fingerprint density at radius 2 is 2.00 bits per heavy atom. The van der Waals surface area contributed by atoms with E-state index in [4.69, 9.17) is 21.1 Å². The van der Waals surface area contributed by atoms with E-state index in [9.17, 15) is 4.79 Å². The van der Waals surface area contributed by atoms with Crippen LogP contribution in [0, 0.1) is 0 Å². The molecule has 0 aliphatic carbocycles. The zero-order valence-corrected chi connectivity index (χ0v) is 15.5. The van der Waals surface area contributed by atoms with Crippen LogP contribution in [0.1, 0.15) is 24.1 Å². The van der Waals surface area contributed by atoms with Crippen LogP contribution < -0.4 is 20.1 Å². The number of hydrogen-bond acceptors (Lipinski definition) is 3. The predicted molar refractivity (Wildman–Crippen MR) is 98.1 cm³/mol. The molecule has 2 rings (SSSR count). The summed E-state index contributed by atoms with van der Waals surface area (Å²) in [5, 5.41) is 5.53. The van der Waals surface area contributed by atoms with Crippen LogP contribution in [0.4, 0.5) is 0 Å². The van der Waals surface area contributed by atoms with Crippen LogP contribution in [0.5, 0.6) is 11.5 Å². The van der Waals surface area contributed by atoms with Gasteiger partial charge in [0.15, 0.2) is 6.54 Å². The van der Waals surface area contributed by atoms with Gasteiger partial charge < -0.3 is 20.1 Å². The number of halogens is 1. The largest absolute Gasteiger partial charge is 0.497 e. The highest BCUT2D eigenvalue weighted by Crippen LogP contribution is 2.27. The second-order valence-corrected chi connectivity index (χ2v) is 6.18. The highest BCUT2D eigenvalue weighted by Gasteiger charge is 2.17. The molecule has 2 aromatic carbocycles. The third kappa shape index (κ3) is 5.66. The van der Waals surface area contributed by atoms with E-state index >= 15 is 0 Å². The van der Waals surface area contributed by atoms with Gasteiger partial charge in [0.1, 0.15) is 17.5 Å². The van der Waals surface area contributed by atoms with Gasteiger partial charge in [-0.1, -0.05) is 23.7 Å². The average molecular weight is 364 g/mol. The average Bonchev–Trinajstić information content (AvgIpc) is 2.63. The van der Waals surface area contributed by atoms with Crippen LogP contribution in [0.2, 0.25) is 5.02 Å². The van der Waals surface area contributed by atoms with Crippen LogP contribution in [0.15, 0.2) is 42.5 Å². The third-order valence-corrected chi connectivity index (χ3v) is 4.20. The highest BCUT2D eigenvalue weighted by atomic mass is 35.5. The lowest BCUT2D eigenvalue weighted by Crippen LogP contribution is -2.87. The second kappa shape index (κ2) is 9.30. The number of nitrogens with one attached hydrogen (secondary N) is 1. The Morgan fingerprint density at radius 3 is 2.68 bits per heavy atom. The van der Waals surface area contributed by atoms with E-state index in [0.717, 1.165) is 22.6 Å². The van der Waals surface area contributed by atoms with E-state index in [1.54, 1.807) is 14.2 Å². The van der Waals surface area contributed by atoms with Gasteiger partial charge in [0.25, 0.3) is 5.91 Å². The predicted octanol–water partition coefficient (Wildman–Crippen LogP) is 2.30. The summed E-state index contributed by atoms with van der Waals surface area (Å²) in [6, 6.07) is 13.2. The fraction of sp³-hybridized carbons (Fsp3) is 0.316. The van der Waals surface area contributed by atoms with Crippen LogP contribution in [-0.2, 0) is 11.3 Å². The number of nitrogens with two attached hydrogens (primary N) is 1. The fourth-order valence-corrected chi connectivity index (χ4v) is 2.74. The molecule has 0 spiro atoms. The minimum atomic E-state index is -0.0336. The minimum Gasteiger partial charge on any atom is -0.497 e. The number of methoxy groups -OCH3 is 2. The molecule has 0 aliphatic heterocycles. The Labute approximate surface area is 153 Å². The normalized spacial score (nSPS) is 11.7. The quantitative estimate of drug-likeness (QED) is 0.756. The number of carbonyl (C=O) groups is 1. The summed E-state index contributed by atoms with van der Waals surface area (Å²) in [6.45, 7) is 2.81.